The maximum absolute atomic E-state index is 17.2. The van der Waals surface area contributed by atoms with Gasteiger partial charge in [0.2, 0.25) is 5.88 Å². The molecule has 0 unspecified atom stereocenters. The third-order valence-electron chi connectivity index (χ3n) is 10.5. The third kappa shape index (κ3) is 5.63. The minimum absolute atomic E-state index is 0.0277. The number of alkyl halides is 3. The van der Waals surface area contributed by atoms with E-state index in [0.29, 0.717) is 11.6 Å². The Hall–Kier alpha value is -4.86. The smallest absolute Gasteiger partial charge is 0.417 e. The van der Waals surface area contributed by atoms with Crippen molar-refractivity contribution in [3.8, 4) is 23.1 Å². The number of hydrogen-bond acceptors (Lipinski definition) is 10. The summed E-state index contributed by atoms with van der Waals surface area (Å²) in [7, 11) is 0. The lowest BCUT2D eigenvalue weighted by Crippen LogP contribution is -2.55. The minimum Gasteiger partial charge on any atom is -0.475 e. The predicted octanol–water partition coefficient (Wildman–Crippen LogP) is 6.89. The van der Waals surface area contributed by atoms with Crippen molar-refractivity contribution in [2.45, 2.75) is 83.2 Å². The summed E-state index contributed by atoms with van der Waals surface area (Å²) in [4.78, 5) is 21.9. The van der Waals surface area contributed by atoms with Crippen molar-refractivity contribution >= 4 is 33.4 Å². The second kappa shape index (κ2) is 12.4. The molecular weight excluding hydrogens is 673 g/mol. The zero-order valence-electron chi connectivity index (χ0n) is 28.2. The summed E-state index contributed by atoms with van der Waals surface area (Å²) >= 11 is 0. The molecule has 1 saturated carbocycles. The molecule has 0 radical (unpaired) electrons. The van der Waals surface area contributed by atoms with Crippen molar-refractivity contribution in [2.24, 2.45) is 0 Å². The molecule has 5 aromatic rings. The molecule has 6 heterocycles. The highest BCUT2D eigenvalue weighted by atomic mass is 19.4. The van der Waals surface area contributed by atoms with Crippen LogP contribution in [0.1, 0.15) is 68.7 Å². The second-order valence-corrected chi connectivity index (χ2v) is 13.7. The van der Waals surface area contributed by atoms with Gasteiger partial charge in [0.25, 0.3) is 0 Å². The summed E-state index contributed by atoms with van der Waals surface area (Å²) in [6, 6.07) is 1.85. The molecule has 11 nitrogen and oxygen atoms in total. The molecular formula is C35H36F5N9O2. The summed E-state index contributed by atoms with van der Waals surface area (Å²) in [6.07, 6.45) is 2.90. The number of benzene rings is 1. The van der Waals surface area contributed by atoms with Gasteiger partial charge in [0.1, 0.15) is 47.3 Å². The Labute approximate surface area is 289 Å². The Morgan fingerprint density at radius 1 is 1.10 bits per heavy atom. The van der Waals surface area contributed by atoms with Crippen molar-refractivity contribution in [1.29, 1.82) is 0 Å². The lowest BCUT2D eigenvalue weighted by molar-refractivity contribution is -0.137. The van der Waals surface area contributed by atoms with Crippen LogP contribution in [0.25, 0.3) is 33.1 Å². The van der Waals surface area contributed by atoms with Crippen LogP contribution in [0.15, 0.2) is 24.5 Å². The Morgan fingerprint density at radius 2 is 1.88 bits per heavy atom. The lowest BCUT2D eigenvalue weighted by Gasteiger charge is -2.44. The molecule has 8 rings (SSSR count). The van der Waals surface area contributed by atoms with E-state index in [9.17, 15) is 17.6 Å². The maximum atomic E-state index is 17.2. The highest BCUT2D eigenvalue weighted by Gasteiger charge is 2.41. The van der Waals surface area contributed by atoms with Gasteiger partial charge in [-0.15, -0.1) is 0 Å². The molecule has 2 aliphatic heterocycles. The molecule has 3 atom stereocenters. The number of aromatic amines is 1. The SMILES string of the molecule is Cc1cc2[nH]ncc2c(-c2nc3c4c(nc(OC[C@@H]5CCN5C5CCCC5)nc4c2F)N([C@H](C)c2cc(F)cnc2N)[C@@H](C)CO3)c1C(F)(F)F. The van der Waals surface area contributed by atoms with E-state index in [1.807, 2.05) is 6.92 Å². The summed E-state index contributed by atoms with van der Waals surface area (Å²) in [6.45, 7) is 6.05. The van der Waals surface area contributed by atoms with Gasteiger partial charge >= 0.3 is 12.2 Å². The fourth-order valence-corrected chi connectivity index (χ4v) is 7.99. The number of H-pyrrole nitrogens is 1. The van der Waals surface area contributed by atoms with E-state index in [1.165, 1.54) is 38.1 Å². The summed E-state index contributed by atoms with van der Waals surface area (Å²) < 4.78 is 88.2. The molecule has 3 N–H and O–H groups in total. The van der Waals surface area contributed by atoms with Gasteiger partial charge in [-0.3, -0.25) is 10.00 Å². The molecule has 1 aromatic carbocycles. The number of rotatable bonds is 7. The van der Waals surface area contributed by atoms with Crippen LogP contribution in [0.3, 0.4) is 0 Å². The van der Waals surface area contributed by atoms with E-state index in [0.717, 1.165) is 32.0 Å². The number of nitrogens with zero attached hydrogens (tertiary/aromatic N) is 7. The Morgan fingerprint density at radius 3 is 2.61 bits per heavy atom. The molecule has 3 aliphatic rings. The second-order valence-electron chi connectivity index (χ2n) is 13.7. The number of aromatic nitrogens is 6. The highest BCUT2D eigenvalue weighted by molar-refractivity contribution is 6.02. The molecule has 2 fully saturated rings. The number of fused-ring (bicyclic) bond motifs is 1. The average molecular weight is 710 g/mol. The minimum atomic E-state index is -4.86. The molecule has 1 saturated heterocycles. The fourth-order valence-electron chi connectivity index (χ4n) is 7.99. The number of ether oxygens (including phenoxy) is 2. The Kier molecular flexibility index (Phi) is 8.11. The summed E-state index contributed by atoms with van der Waals surface area (Å²) in [5.74, 6) is -1.64. The van der Waals surface area contributed by atoms with Crippen molar-refractivity contribution in [3.63, 3.8) is 0 Å². The van der Waals surface area contributed by atoms with Gasteiger partial charge < -0.3 is 20.1 Å². The van der Waals surface area contributed by atoms with Gasteiger partial charge in [-0.1, -0.05) is 12.8 Å². The monoisotopic (exact) mass is 709 g/mol. The van der Waals surface area contributed by atoms with Crippen LogP contribution in [0.4, 0.5) is 33.6 Å². The molecule has 16 heteroatoms. The number of aryl methyl sites for hydroxylation is 1. The number of likely N-dealkylation sites (tertiary alicyclic amines) is 1. The van der Waals surface area contributed by atoms with Gasteiger partial charge in [0.15, 0.2) is 5.82 Å². The molecule has 0 bridgehead atoms. The van der Waals surface area contributed by atoms with Crippen molar-refractivity contribution in [2.75, 3.05) is 30.4 Å². The number of halogens is 5. The normalized spacial score (nSPS) is 20.4. The standard InChI is InChI=1S/C35H36F5N9O2/c1-16-10-24-23(13-43-47-24)25(27(16)35(38,39)40)29-28(37)30-26-32(46-34(45-30)51-15-21-8-9-48(21)20-6-4-5-7-20)49(17(2)14-50-33(26)44-29)18(3)22-11-19(36)12-42-31(22)41/h10-13,17-18,20-21H,4-9,14-15H2,1-3H3,(H2,41,42)(H,43,47)/t17-,18+,21-/m0/s1. The van der Waals surface area contributed by atoms with Gasteiger partial charge in [-0.25, -0.2) is 18.7 Å². The van der Waals surface area contributed by atoms with Crippen molar-refractivity contribution in [1.82, 2.24) is 35.0 Å². The van der Waals surface area contributed by atoms with Gasteiger partial charge in [0, 0.05) is 35.1 Å². The van der Waals surface area contributed by atoms with Crippen LogP contribution in [-0.2, 0) is 6.18 Å². The Bertz CT molecular complexity index is 2150. The zero-order chi connectivity index (χ0) is 35.8. The number of pyridine rings is 2. The first-order valence-corrected chi connectivity index (χ1v) is 17.1. The Balaban J connectivity index is 1.33. The number of anilines is 2. The topological polar surface area (TPSA) is 131 Å². The average Bonchev–Trinajstić information content (AvgIpc) is 3.74. The summed E-state index contributed by atoms with van der Waals surface area (Å²) in [5, 5.41) is 6.68. The maximum Gasteiger partial charge on any atom is 0.417 e. The zero-order valence-corrected chi connectivity index (χ0v) is 28.2. The van der Waals surface area contributed by atoms with E-state index in [2.05, 4.69) is 30.0 Å². The number of nitrogens with one attached hydrogen (secondary N) is 1. The third-order valence-corrected chi connectivity index (χ3v) is 10.5. The molecule has 4 aromatic heterocycles. The van der Waals surface area contributed by atoms with Crippen LogP contribution >= 0.6 is 0 Å². The molecule has 0 spiro atoms. The van der Waals surface area contributed by atoms with Crippen molar-refractivity contribution in [3.05, 3.63) is 52.9 Å². The predicted molar refractivity (Wildman–Crippen MR) is 179 cm³/mol. The molecule has 268 valence electrons. The van der Waals surface area contributed by atoms with Gasteiger partial charge in [-0.05, 0) is 57.7 Å². The van der Waals surface area contributed by atoms with Crippen LogP contribution in [0.5, 0.6) is 11.9 Å². The summed E-state index contributed by atoms with van der Waals surface area (Å²) in [5.41, 5.74) is 4.21. The van der Waals surface area contributed by atoms with E-state index >= 15 is 4.39 Å². The largest absolute Gasteiger partial charge is 0.475 e. The van der Waals surface area contributed by atoms with Crippen LogP contribution in [-0.4, -0.2) is 72.9 Å². The first-order valence-electron chi connectivity index (χ1n) is 17.1. The lowest BCUT2D eigenvalue weighted by atomic mass is 9.94. The first kappa shape index (κ1) is 33.3. The van der Waals surface area contributed by atoms with E-state index in [-0.39, 0.29) is 70.2 Å². The number of nitrogen functional groups attached to an aromatic ring is 1. The van der Waals surface area contributed by atoms with E-state index in [4.69, 9.17) is 20.2 Å². The molecule has 0 amide bonds. The fraction of sp³-hybridized carbons (Fsp3) is 0.457. The van der Waals surface area contributed by atoms with Crippen LogP contribution < -0.4 is 20.1 Å². The van der Waals surface area contributed by atoms with Crippen molar-refractivity contribution < 1.29 is 31.4 Å². The van der Waals surface area contributed by atoms with E-state index < -0.39 is 46.7 Å². The number of hydrogen-bond donors (Lipinski definition) is 2. The van der Waals surface area contributed by atoms with Crippen LogP contribution in [0, 0.1) is 18.6 Å². The highest BCUT2D eigenvalue weighted by Crippen LogP contribution is 2.48. The number of nitrogens with two attached hydrogens (primary N) is 1. The van der Waals surface area contributed by atoms with Crippen LogP contribution in [0.2, 0.25) is 0 Å². The quantitative estimate of drug-likeness (QED) is 0.172. The van der Waals surface area contributed by atoms with E-state index in [1.54, 1.807) is 11.8 Å². The molecule has 1 aliphatic carbocycles. The first-order chi connectivity index (χ1) is 24.4. The van der Waals surface area contributed by atoms with Gasteiger partial charge in [0.05, 0.1) is 35.6 Å². The molecule has 51 heavy (non-hydrogen) atoms. The van der Waals surface area contributed by atoms with Gasteiger partial charge in [-0.2, -0.15) is 28.2 Å².